The summed E-state index contributed by atoms with van der Waals surface area (Å²) in [6, 6.07) is 21.2. The number of methoxy groups -OCH3 is 1. The summed E-state index contributed by atoms with van der Waals surface area (Å²) in [6.07, 6.45) is 8.78. The Kier molecular flexibility index (Phi) is 5.81. The molecule has 2 fully saturated rings. The lowest BCUT2D eigenvalue weighted by atomic mass is 9.90. The molecule has 6 nitrogen and oxygen atoms in total. The Morgan fingerprint density at radius 2 is 1.87 bits per heavy atom. The van der Waals surface area contributed by atoms with E-state index in [9.17, 15) is 4.79 Å². The number of benzene rings is 3. The van der Waals surface area contributed by atoms with E-state index in [2.05, 4.69) is 82.1 Å². The van der Waals surface area contributed by atoms with Crippen molar-refractivity contribution in [3.05, 3.63) is 88.6 Å². The van der Waals surface area contributed by atoms with Crippen molar-refractivity contribution in [2.24, 2.45) is 5.92 Å². The first-order valence-electron chi connectivity index (χ1n) is 14.0. The van der Waals surface area contributed by atoms with Crippen molar-refractivity contribution in [1.82, 2.24) is 15.1 Å². The number of aromatic amines is 1. The predicted molar refractivity (Wildman–Crippen MR) is 156 cm³/mol. The van der Waals surface area contributed by atoms with Gasteiger partial charge >= 0.3 is 0 Å². The van der Waals surface area contributed by atoms with E-state index >= 15 is 0 Å². The summed E-state index contributed by atoms with van der Waals surface area (Å²) in [4.78, 5) is 15.5. The molecule has 3 aromatic carbocycles. The van der Waals surface area contributed by atoms with Gasteiger partial charge in [-0.25, -0.2) is 0 Å². The van der Waals surface area contributed by atoms with Crippen molar-refractivity contribution in [1.29, 1.82) is 0 Å². The number of nitrogens with one attached hydrogen (secondary N) is 2. The van der Waals surface area contributed by atoms with Crippen LogP contribution in [-0.2, 0) is 16.6 Å². The summed E-state index contributed by atoms with van der Waals surface area (Å²) in [6.45, 7) is 2.43. The molecule has 0 bridgehead atoms. The van der Waals surface area contributed by atoms with Gasteiger partial charge in [0.25, 0.3) is 0 Å². The standard InChI is InChI=1S/C33H34N4O2/c1-37-15-13-23(14-16-37)17-22-5-3-21(4-6-22)7-11-29-26-10-8-24(18-31(26)36-35-29)28-20-33(28)27-19-25(39-2)9-12-30(27)34-32(33)38/h3-12,18-19,23,28H,13-17,20H2,1-2H3,(H,34,38)(H,35,36)/b11-7+. The van der Waals surface area contributed by atoms with Crippen molar-refractivity contribution >= 4 is 34.6 Å². The smallest absolute Gasteiger partial charge is 0.235 e. The quantitative estimate of drug-likeness (QED) is 0.328. The van der Waals surface area contributed by atoms with Gasteiger partial charge in [-0.05, 0) is 104 Å². The third-order valence-electron chi connectivity index (χ3n) is 9.12. The number of piperidine rings is 1. The molecular formula is C33H34N4O2. The van der Waals surface area contributed by atoms with Crippen LogP contribution in [0.4, 0.5) is 5.69 Å². The van der Waals surface area contributed by atoms with Gasteiger partial charge in [0.1, 0.15) is 5.75 Å². The molecule has 2 unspecified atom stereocenters. The number of hydrogen-bond acceptors (Lipinski definition) is 4. The highest BCUT2D eigenvalue weighted by atomic mass is 16.5. The molecule has 39 heavy (non-hydrogen) atoms. The lowest BCUT2D eigenvalue weighted by Gasteiger charge is -2.28. The third kappa shape index (κ3) is 4.23. The molecule has 2 aliphatic heterocycles. The highest BCUT2D eigenvalue weighted by Crippen LogP contribution is 2.65. The van der Waals surface area contributed by atoms with E-state index in [0.717, 1.165) is 51.5 Å². The van der Waals surface area contributed by atoms with Crippen molar-refractivity contribution in [3.63, 3.8) is 0 Å². The maximum Gasteiger partial charge on any atom is 0.235 e. The fourth-order valence-electron chi connectivity index (χ4n) is 6.64. The van der Waals surface area contributed by atoms with Crippen LogP contribution in [0.3, 0.4) is 0 Å². The van der Waals surface area contributed by atoms with Crippen molar-refractivity contribution in [3.8, 4) is 5.75 Å². The zero-order valence-electron chi connectivity index (χ0n) is 22.5. The lowest BCUT2D eigenvalue weighted by molar-refractivity contribution is -0.118. The molecule has 1 amide bonds. The summed E-state index contributed by atoms with van der Waals surface area (Å²) in [5, 5.41) is 12.0. The first-order valence-corrected chi connectivity index (χ1v) is 14.0. The van der Waals surface area contributed by atoms with E-state index in [1.165, 1.54) is 43.5 Å². The van der Waals surface area contributed by atoms with Gasteiger partial charge in [-0.1, -0.05) is 42.5 Å². The number of H-pyrrole nitrogens is 1. The van der Waals surface area contributed by atoms with Gasteiger partial charge in [-0.2, -0.15) is 5.10 Å². The first-order chi connectivity index (χ1) is 19.0. The number of likely N-dealkylation sites (tertiary alicyclic amines) is 1. The molecule has 1 saturated carbocycles. The van der Waals surface area contributed by atoms with E-state index in [1.54, 1.807) is 7.11 Å². The van der Waals surface area contributed by atoms with Gasteiger partial charge in [0.2, 0.25) is 5.91 Å². The van der Waals surface area contributed by atoms with Crippen LogP contribution in [0.1, 0.15) is 53.1 Å². The Morgan fingerprint density at radius 3 is 2.67 bits per heavy atom. The average Bonchev–Trinajstić information content (AvgIpc) is 3.50. The van der Waals surface area contributed by atoms with Crippen LogP contribution < -0.4 is 10.1 Å². The summed E-state index contributed by atoms with van der Waals surface area (Å²) in [5.74, 6) is 1.81. The second-order valence-electron chi connectivity index (χ2n) is 11.5. The van der Waals surface area contributed by atoms with Crippen LogP contribution >= 0.6 is 0 Å². The van der Waals surface area contributed by atoms with Crippen LogP contribution in [0.25, 0.3) is 23.1 Å². The van der Waals surface area contributed by atoms with Gasteiger partial charge in [-0.15, -0.1) is 0 Å². The molecule has 2 atom stereocenters. The van der Waals surface area contributed by atoms with Crippen LogP contribution in [0.5, 0.6) is 5.75 Å². The minimum Gasteiger partial charge on any atom is -0.497 e. The molecule has 6 heteroatoms. The van der Waals surface area contributed by atoms with Gasteiger partial charge < -0.3 is 15.0 Å². The van der Waals surface area contributed by atoms with E-state index in [-0.39, 0.29) is 11.8 Å². The van der Waals surface area contributed by atoms with Crippen LogP contribution in [-0.4, -0.2) is 48.3 Å². The second-order valence-corrected chi connectivity index (χ2v) is 11.5. The highest BCUT2D eigenvalue weighted by Gasteiger charge is 2.65. The normalized spacial score (nSPS) is 23.0. The van der Waals surface area contributed by atoms with Crippen LogP contribution in [0.2, 0.25) is 0 Å². The number of amides is 1. The molecule has 2 N–H and O–H groups in total. The molecule has 1 spiro atoms. The Labute approximate surface area is 229 Å². The van der Waals surface area contributed by atoms with Gasteiger partial charge in [0.15, 0.2) is 0 Å². The fraction of sp³-hybridized carbons (Fsp3) is 0.333. The largest absolute Gasteiger partial charge is 0.497 e. The maximum absolute atomic E-state index is 13.0. The highest BCUT2D eigenvalue weighted by molar-refractivity contribution is 6.10. The molecule has 1 aromatic heterocycles. The molecule has 3 heterocycles. The third-order valence-corrected chi connectivity index (χ3v) is 9.12. The van der Waals surface area contributed by atoms with Gasteiger partial charge in [0, 0.05) is 17.0 Å². The molecule has 4 aromatic rings. The monoisotopic (exact) mass is 518 g/mol. The molecular weight excluding hydrogens is 484 g/mol. The van der Waals surface area contributed by atoms with Crippen LogP contribution in [0, 0.1) is 5.92 Å². The summed E-state index contributed by atoms with van der Waals surface area (Å²) >= 11 is 0. The number of hydrogen-bond donors (Lipinski definition) is 2. The van der Waals surface area contributed by atoms with Gasteiger partial charge in [0.05, 0.1) is 23.7 Å². The number of nitrogens with zero attached hydrogens (tertiary/aromatic N) is 2. The molecule has 0 radical (unpaired) electrons. The van der Waals surface area contributed by atoms with E-state index in [1.807, 2.05) is 18.2 Å². The predicted octanol–water partition coefficient (Wildman–Crippen LogP) is 6.00. The Hall–Kier alpha value is -3.90. The summed E-state index contributed by atoms with van der Waals surface area (Å²) in [7, 11) is 3.88. The number of anilines is 1. The molecule has 1 aliphatic carbocycles. The number of carbonyl (C=O) groups excluding carboxylic acids is 1. The fourth-order valence-corrected chi connectivity index (χ4v) is 6.64. The zero-order chi connectivity index (χ0) is 26.6. The van der Waals surface area contributed by atoms with Crippen molar-refractivity contribution < 1.29 is 9.53 Å². The molecule has 3 aliphatic rings. The van der Waals surface area contributed by atoms with E-state index in [0.29, 0.717) is 0 Å². The maximum atomic E-state index is 13.0. The second kappa shape index (κ2) is 9.38. The number of fused-ring (bicyclic) bond motifs is 3. The lowest BCUT2D eigenvalue weighted by Crippen LogP contribution is -2.30. The van der Waals surface area contributed by atoms with Crippen molar-refractivity contribution in [2.45, 2.75) is 37.0 Å². The molecule has 198 valence electrons. The van der Waals surface area contributed by atoms with Crippen molar-refractivity contribution in [2.75, 3.05) is 32.6 Å². The minimum absolute atomic E-state index is 0.0847. The minimum atomic E-state index is -0.500. The molecule has 1 saturated heterocycles. The van der Waals surface area contributed by atoms with Gasteiger partial charge in [-0.3, -0.25) is 9.89 Å². The Morgan fingerprint density at radius 1 is 1.05 bits per heavy atom. The van der Waals surface area contributed by atoms with E-state index in [4.69, 9.17) is 4.74 Å². The summed E-state index contributed by atoms with van der Waals surface area (Å²) < 4.78 is 5.43. The number of ether oxygens (including phenoxy) is 1. The Bertz CT molecular complexity index is 1580. The topological polar surface area (TPSA) is 70.2 Å². The molecule has 7 rings (SSSR count). The number of rotatable bonds is 6. The zero-order valence-corrected chi connectivity index (χ0v) is 22.5. The summed E-state index contributed by atoms with van der Waals surface area (Å²) in [5.41, 5.74) is 7.12. The average molecular weight is 519 g/mol. The first kappa shape index (κ1) is 24.2. The van der Waals surface area contributed by atoms with Crippen LogP contribution in [0.15, 0.2) is 60.7 Å². The Balaban J connectivity index is 1.06. The SMILES string of the molecule is COc1ccc2c(c1)C1(CC1c1ccc3c(/C=C/c4ccc(CC5CCN(C)CC5)cc4)n[nH]c3c1)C(=O)N2. The number of carbonyl (C=O) groups is 1. The van der Waals surface area contributed by atoms with E-state index < -0.39 is 5.41 Å². The number of aromatic nitrogens is 2.